The molecule has 2 aliphatic rings. The maximum atomic E-state index is 14.2. The summed E-state index contributed by atoms with van der Waals surface area (Å²) in [6.45, 7) is 10.6. The van der Waals surface area contributed by atoms with Crippen molar-refractivity contribution in [1.29, 1.82) is 0 Å². The van der Waals surface area contributed by atoms with Crippen LogP contribution in [0.5, 0.6) is 5.75 Å². The number of hydrogen-bond donors (Lipinski definition) is 1. The second-order valence-corrected chi connectivity index (χ2v) is 11.9. The minimum absolute atomic E-state index is 0.0479. The molecule has 10 heteroatoms. The number of aromatic nitrogens is 4. The van der Waals surface area contributed by atoms with Crippen LogP contribution in [0.15, 0.2) is 60.0 Å². The molecule has 1 saturated heterocycles. The van der Waals surface area contributed by atoms with E-state index in [0.29, 0.717) is 48.5 Å². The van der Waals surface area contributed by atoms with E-state index in [1.54, 1.807) is 22.8 Å². The highest BCUT2D eigenvalue weighted by Crippen LogP contribution is 2.47. The average molecular weight is 595 g/mol. The van der Waals surface area contributed by atoms with E-state index in [-0.39, 0.29) is 18.4 Å². The molecule has 1 aliphatic heterocycles. The van der Waals surface area contributed by atoms with Crippen molar-refractivity contribution in [1.82, 2.24) is 24.4 Å². The fourth-order valence-corrected chi connectivity index (χ4v) is 6.25. The smallest absolute Gasteiger partial charge is 0.355 e. The highest BCUT2D eigenvalue weighted by molar-refractivity contribution is 5.92. The Morgan fingerprint density at radius 3 is 2.64 bits per heavy atom. The summed E-state index contributed by atoms with van der Waals surface area (Å²) in [6, 6.07) is 11.4. The number of aliphatic hydroxyl groups is 1. The summed E-state index contributed by atoms with van der Waals surface area (Å²) in [5.41, 5.74) is 5.11. The number of carbonyl (C=O) groups is 1. The normalized spacial score (nSPS) is 16.9. The second-order valence-electron chi connectivity index (χ2n) is 11.9. The van der Waals surface area contributed by atoms with Gasteiger partial charge in [0, 0.05) is 31.4 Å². The second kappa shape index (κ2) is 11.8. The maximum Gasteiger partial charge on any atom is 0.355 e. The fraction of sp³-hybridized carbons (Fsp3) is 0.382. The van der Waals surface area contributed by atoms with E-state index in [2.05, 4.69) is 31.5 Å². The zero-order valence-corrected chi connectivity index (χ0v) is 25.7. The summed E-state index contributed by atoms with van der Waals surface area (Å²) < 4.78 is 7.36. The van der Waals surface area contributed by atoms with Crippen molar-refractivity contribution < 1.29 is 14.6 Å². The zero-order chi connectivity index (χ0) is 31.1. The van der Waals surface area contributed by atoms with Gasteiger partial charge in [0.25, 0.3) is 0 Å². The Kier molecular flexibility index (Phi) is 7.94. The van der Waals surface area contributed by atoms with E-state index < -0.39 is 11.7 Å². The number of anilines is 1. The number of carbonyl (C=O) groups excluding carboxylic acids is 1. The summed E-state index contributed by atoms with van der Waals surface area (Å²) in [5, 5.41) is 10.9. The number of pyridine rings is 2. The maximum absolute atomic E-state index is 14.2. The quantitative estimate of drug-likeness (QED) is 0.300. The number of methoxy groups -OCH3 is 1. The van der Waals surface area contributed by atoms with Crippen LogP contribution in [0, 0.1) is 6.92 Å². The van der Waals surface area contributed by atoms with Gasteiger partial charge < -0.3 is 19.6 Å². The van der Waals surface area contributed by atoms with Crippen LogP contribution in [-0.4, -0.2) is 74.8 Å². The lowest BCUT2D eigenvalue weighted by Gasteiger charge is -2.41. The van der Waals surface area contributed by atoms with Crippen molar-refractivity contribution in [2.45, 2.75) is 51.5 Å². The van der Waals surface area contributed by atoms with Gasteiger partial charge in [0.2, 0.25) is 5.91 Å². The zero-order valence-electron chi connectivity index (χ0n) is 25.7. The summed E-state index contributed by atoms with van der Waals surface area (Å²) >= 11 is 0. The van der Waals surface area contributed by atoms with Gasteiger partial charge in [0.05, 0.1) is 42.2 Å². The third-order valence-corrected chi connectivity index (χ3v) is 8.63. The van der Waals surface area contributed by atoms with Crippen LogP contribution in [0.1, 0.15) is 55.3 Å². The topological polar surface area (TPSA) is 114 Å². The molecule has 2 fully saturated rings. The Morgan fingerprint density at radius 2 is 1.95 bits per heavy atom. The molecule has 44 heavy (non-hydrogen) atoms. The first-order chi connectivity index (χ1) is 21.3. The van der Waals surface area contributed by atoms with Crippen molar-refractivity contribution in [3.8, 4) is 22.7 Å². The van der Waals surface area contributed by atoms with Crippen molar-refractivity contribution in [2.24, 2.45) is 0 Å². The lowest BCUT2D eigenvalue weighted by Crippen LogP contribution is -2.56. The molecule has 1 atom stereocenters. The largest absolute Gasteiger partial charge is 0.496 e. The molecule has 0 unspecified atom stereocenters. The highest BCUT2D eigenvalue weighted by atomic mass is 16.5. The molecule has 6 rings (SSSR count). The first kappa shape index (κ1) is 29.5. The first-order valence-corrected chi connectivity index (χ1v) is 15.1. The molecule has 1 amide bonds. The Balaban J connectivity index is 1.65. The number of rotatable bonds is 8. The molecule has 4 aromatic rings. The van der Waals surface area contributed by atoms with E-state index in [1.165, 1.54) is 6.08 Å². The molecule has 1 saturated carbocycles. The van der Waals surface area contributed by atoms with Crippen molar-refractivity contribution in [3.63, 3.8) is 0 Å². The minimum Gasteiger partial charge on any atom is -0.496 e. The summed E-state index contributed by atoms with van der Waals surface area (Å²) in [5.74, 6) is 1.35. The van der Waals surface area contributed by atoms with Gasteiger partial charge in [-0.05, 0) is 73.1 Å². The van der Waals surface area contributed by atoms with Gasteiger partial charge in [0.15, 0.2) is 5.65 Å². The van der Waals surface area contributed by atoms with E-state index in [1.807, 2.05) is 42.2 Å². The monoisotopic (exact) mass is 594 g/mol. The van der Waals surface area contributed by atoms with Gasteiger partial charge in [-0.25, -0.2) is 14.3 Å². The SMILES string of the molecule is C=CC(=O)N1CCN(c2nc(=O)n(-c3c(C)ccnc3C(C)C)c3nc(-c4ccccc4OC)c(C4CC4)cc23)C[C@@H]1CO. The standard InChI is InChI=1S/C34H38N6O4/c1-6-28(42)39-16-15-38(18-23(39)19-41)32-26-17-25(22-11-12-22)30(24-9-7-8-10-27(24)44-5)36-33(26)40(34(43)37-32)31-21(4)13-14-35-29(31)20(2)3/h6-10,13-14,17,20,22-23,41H,1,11-12,15-16,18-19H2,2-5H3/t23-/m1/s1. The number of amides is 1. The molecular weight excluding hydrogens is 556 g/mol. The van der Waals surface area contributed by atoms with E-state index in [9.17, 15) is 14.7 Å². The number of benzene rings is 1. The molecule has 1 aliphatic carbocycles. The van der Waals surface area contributed by atoms with E-state index >= 15 is 0 Å². The Labute approximate surface area is 256 Å². The van der Waals surface area contributed by atoms with Crippen LogP contribution in [0.3, 0.4) is 0 Å². The predicted octanol–water partition coefficient (Wildman–Crippen LogP) is 4.36. The lowest BCUT2D eigenvalue weighted by molar-refractivity contribution is -0.129. The molecule has 1 aromatic carbocycles. The van der Waals surface area contributed by atoms with Crippen LogP contribution < -0.4 is 15.3 Å². The van der Waals surface area contributed by atoms with E-state index in [0.717, 1.165) is 46.3 Å². The third-order valence-electron chi connectivity index (χ3n) is 8.63. The Bertz CT molecular complexity index is 1810. The fourth-order valence-electron chi connectivity index (χ4n) is 6.25. The number of piperazine rings is 1. The van der Waals surface area contributed by atoms with Gasteiger partial charge in [-0.2, -0.15) is 4.98 Å². The van der Waals surface area contributed by atoms with E-state index in [4.69, 9.17) is 14.7 Å². The van der Waals surface area contributed by atoms with Crippen molar-refractivity contribution in [2.75, 3.05) is 38.3 Å². The average Bonchev–Trinajstić information content (AvgIpc) is 3.89. The molecule has 4 heterocycles. The van der Waals surface area contributed by atoms with Gasteiger partial charge in [0.1, 0.15) is 11.6 Å². The molecule has 3 aromatic heterocycles. The Morgan fingerprint density at radius 1 is 1.18 bits per heavy atom. The van der Waals surface area contributed by atoms with Crippen LogP contribution in [-0.2, 0) is 4.79 Å². The van der Waals surface area contributed by atoms with Gasteiger partial charge in [-0.1, -0.05) is 32.6 Å². The number of hydrogen-bond acceptors (Lipinski definition) is 8. The predicted molar refractivity (Wildman–Crippen MR) is 171 cm³/mol. The number of aryl methyl sites for hydroxylation is 1. The summed E-state index contributed by atoms with van der Waals surface area (Å²) in [7, 11) is 1.65. The lowest BCUT2D eigenvalue weighted by atomic mass is 9.99. The molecular formula is C34H38N6O4. The third kappa shape index (κ3) is 5.13. The van der Waals surface area contributed by atoms with Gasteiger partial charge in [-0.15, -0.1) is 0 Å². The van der Waals surface area contributed by atoms with Crippen LogP contribution in [0.25, 0.3) is 28.0 Å². The van der Waals surface area contributed by atoms with Crippen LogP contribution in [0.2, 0.25) is 0 Å². The molecule has 0 bridgehead atoms. The number of nitrogens with zero attached hydrogens (tertiary/aromatic N) is 6. The molecule has 0 radical (unpaired) electrons. The molecule has 0 spiro atoms. The number of ether oxygens (including phenoxy) is 1. The van der Waals surface area contributed by atoms with Crippen molar-refractivity contribution >= 4 is 22.8 Å². The van der Waals surface area contributed by atoms with Crippen LogP contribution >= 0.6 is 0 Å². The molecule has 10 nitrogen and oxygen atoms in total. The number of aliphatic hydroxyl groups excluding tert-OH is 1. The molecule has 1 N–H and O–H groups in total. The van der Waals surface area contributed by atoms with Crippen LogP contribution in [0.4, 0.5) is 5.82 Å². The highest BCUT2D eigenvalue weighted by Gasteiger charge is 2.34. The Hall–Kier alpha value is -4.57. The van der Waals surface area contributed by atoms with Gasteiger partial charge >= 0.3 is 5.69 Å². The summed E-state index contributed by atoms with van der Waals surface area (Å²) in [4.78, 5) is 45.0. The first-order valence-electron chi connectivity index (χ1n) is 15.1. The summed E-state index contributed by atoms with van der Waals surface area (Å²) in [6.07, 6.45) is 5.12. The number of para-hydroxylation sites is 1. The van der Waals surface area contributed by atoms with Gasteiger partial charge in [-0.3, -0.25) is 9.78 Å². The number of fused-ring (bicyclic) bond motifs is 1. The molecule has 228 valence electrons. The minimum atomic E-state index is -0.467. The van der Waals surface area contributed by atoms with Crippen molar-refractivity contribution in [3.05, 3.63) is 82.6 Å².